The highest BCUT2D eigenvalue weighted by molar-refractivity contribution is 5.60. The van der Waals surface area contributed by atoms with Crippen molar-refractivity contribution in [2.75, 3.05) is 0 Å². The molecule has 1 N–H and O–H groups in total. The zero-order valence-electron chi connectivity index (χ0n) is 10.9. The number of nitrogens with one attached hydrogen (secondary N) is 1. The highest BCUT2D eigenvalue weighted by Gasteiger charge is 2.21. The van der Waals surface area contributed by atoms with E-state index >= 15 is 0 Å². The van der Waals surface area contributed by atoms with Crippen LogP contribution in [0.1, 0.15) is 25.3 Å². The summed E-state index contributed by atoms with van der Waals surface area (Å²) in [5.74, 6) is 0. The fraction of sp³-hybridized carbons (Fsp3) is 0.538. The highest BCUT2D eigenvalue weighted by Crippen LogP contribution is 2.24. The van der Waals surface area contributed by atoms with Crippen LogP contribution in [0, 0.1) is 0 Å². The molecule has 0 unspecified atom stereocenters. The lowest BCUT2D eigenvalue weighted by molar-refractivity contribution is 0.660. The van der Waals surface area contributed by atoms with Gasteiger partial charge in [0.2, 0.25) is 0 Å². The summed E-state index contributed by atoms with van der Waals surface area (Å²) < 4.78 is 3.81. The maximum absolute atomic E-state index is 4.55. The van der Waals surface area contributed by atoms with Crippen molar-refractivity contribution in [1.29, 1.82) is 0 Å². The Labute approximate surface area is 107 Å². The van der Waals surface area contributed by atoms with Gasteiger partial charge in [0, 0.05) is 49.7 Å². The van der Waals surface area contributed by atoms with Gasteiger partial charge in [-0.05, 0) is 19.8 Å². The van der Waals surface area contributed by atoms with Crippen LogP contribution >= 0.6 is 0 Å². The van der Waals surface area contributed by atoms with Crippen LogP contribution in [0.25, 0.3) is 11.3 Å². The van der Waals surface area contributed by atoms with Crippen molar-refractivity contribution >= 4 is 0 Å². The second kappa shape index (κ2) is 4.57. The van der Waals surface area contributed by atoms with Gasteiger partial charge in [0.05, 0.1) is 11.9 Å². The Balaban J connectivity index is 1.84. The van der Waals surface area contributed by atoms with Gasteiger partial charge in [-0.15, -0.1) is 0 Å². The van der Waals surface area contributed by atoms with Crippen molar-refractivity contribution in [1.82, 2.24) is 24.9 Å². The van der Waals surface area contributed by atoms with Gasteiger partial charge in [-0.3, -0.25) is 9.36 Å². The molecule has 0 spiro atoms. The third-order valence-electron chi connectivity index (χ3n) is 3.29. The molecular formula is C13H19N5. The Kier molecular flexibility index (Phi) is 2.91. The average Bonchev–Trinajstić information content (AvgIpc) is 2.94. The van der Waals surface area contributed by atoms with Crippen LogP contribution in [0.4, 0.5) is 0 Å². The molecule has 5 heteroatoms. The summed E-state index contributed by atoms with van der Waals surface area (Å²) in [6, 6.07) is 0.719. The third-order valence-corrected chi connectivity index (χ3v) is 3.29. The minimum absolute atomic E-state index is 0.719. The van der Waals surface area contributed by atoms with Gasteiger partial charge in [0.1, 0.15) is 0 Å². The number of hydrogen-bond donors (Lipinski definition) is 1. The van der Waals surface area contributed by atoms with Crippen LogP contribution in [-0.2, 0) is 20.1 Å². The van der Waals surface area contributed by atoms with Crippen molar-refractivity contribution in [3.63, 3.8) is 0 Å². The van der Waals surface area contributed by atoms with E-state index < -0.39 is 0 Å². The van der Waals surface area contributed by atoms with E-state index in [1.807, 2.05) is 22.6 Å². The van der Waals surface area contributed by atoms with E-state index in [0.29, 0.717) is 0 Å². The summed E-state index contributed by atoms with van der Waals surface area (Å²) in [6.07, 6.45) is 8.66. The molecule has 1 aliphatic carbocycles. The zero-order valence-corrected chi connectivity index (χ0v) is 10.9. The Morgan fingerprint density at radius 1 is 1.39 bits per heavy atom. The van der Waals surface area contributed by atoms with Gasteiger partial charge in [-0.2, -0.15) is 10.2 Å². The van der Waals surface area contributed by atoms with Gasteiger partial charge < -0.3 is 5.32 Å². The van der Waals surface area contributed by atoms with E-state index in [0.717, 1.165) is 30.4 Å². The first-order valence-corrected chi connectivity index (χ1v) is 6.55. The fourth-order valence-corrected chi connectivity index (χ4v) is 2.11. The Morgan fingerprint density at radius 3 is 2.89 bits per heavy atom. The highest BCUT2D eigenvalue weighted by atomic mass is 15.3. The van der Waals surface area contributed by atoms with Crippen LogP contribution in [0.5, 0.6) is 0 Å². The van der Waals surface area contributed by atoms with Crippen molar-refractivity contribution in [2.24, 2.45) is 7.05 Å². The standard InChI is InChI=1S/C13H19N5/c1-3-18-9-11(7-15-18)13-10(8-17(2)16-13)6-14-12-4-5-12/h7-9,12,14H,3-6H2,1-2H3. The SMILES string of the molecule is CCn1cc(-c2nn(C)cc2CNC2CC2)cn1. The molecule has 0 saturated heterocycles. The van der Waals surface area contributed by atoms with Crippen LogP contribution in [0.15, 0.2) is 18.6 Å². The molecule has 18 heavy (non-hydrogen) atoms. The molecule has 0 bridgehead atoms. The summed E-state index contributed by atoms with van der Waals surface area (Å²) in [7, 11) is 1.97. The first-order chi connectivity index (χ1) is 8.76. The molecule has 2 heterocycles. The van der Waals surface area contributed by atoms with Gasteiger partial charge in [-0.25, -0.2) is 0 Å². The molecule has 0 aliphatic heterocycles. The monoisotopic (exact) mass is 245 g/mol. The number of aryl methyl sites for hydroxylation is 2. The van der Waals surface area contributed by atoms with Crippen LogP contribution in [0.3, 0.4) is 0 Å². The van der Waals surface area contributed by atoms with Gasteiger partial charge in [0.25, 0.3) is 0 Å². The molecule has 0 radical (unpaired) electrons. The molecule has 0 atom stereocenters. The van der Waals surface area contributed by atoms with E-state index in [-0.39, 0.29) is 0 Å². The number of nitrogens with zero attached hydrogens (tertiary/aromatic N) is 4. The topological polar surface area (TPSA) is 47.7 Å². The van der Waals surface area contributed by atoms with Gasteiger partial charge >= 0.3 is 0 Å². The number of aromatic nitrogens is 4. The third kappa shape index (κ3) is 2.31. The number of hydrogen-bond acceptors (Lipinski definition) is 3. The van der Waals surface area contributed by atoms with Crippen molar-refractivity contribution in [2.45, 2.75) is 38.9 Å². The number of rotatable bonds is 5. The molecule has 0 amide bonds. The smallest absolute Gasteiger partial charge is 0.0999 e. The first-order valence-electron chi connectivity index (χ1n) is 6.55. The summed E-state index contributed by atoms with van der Waals surface area (Å²) in [5.41, 5.74) is 3.40. The molecule has 2 aromatic heterocycles. The van der Waals surface area contributed by atoms with E-state index in [1.54, 1.807) is 0 Å². The molecule has 3 rings (SSSR count). The minimum atomic E-state index is 0.719. The molecule has 2 aromatic rings. The van der Waals surface area contributed by atoms with Crippen LogP contribution < -0.4 is 5.32 Å². The fourth-order valence-electron chi connectivity index (χ4n) is 2.11. The average molecular weight is 245 g/mol. The lowest BCUT2D eigenvalue weighted by Crippen LogP contribution is -2.15. The van der Waals surface area contributed by atoms with Gasteiger partial charge in [-0.1, -0.05) is 0 Å². The predicted molar refractivity (Wildman–Crippen MR) is 70.0 cm³/mol. The van der Waals surface area contributed by atoms with Crippen molar-refractivity contribution in [3.05, 3.63) is 24.2 Å². The lowest BCUT2D eigenvalue weighted by Gasteiger charge is -2.01. The molecule has 96 valence electrons. The molecular weight excluding hydrogens is 226 g/mol. The summed E-state index contributed by atoms with van der Waals surface area (Å²) in [6.45, 7) is 3.87. The summed E-state index contributed by atoms with van der Waals surface area (Å²) in [4.78, 5) is 0. The lowest BCUT2D eigenvalue weighted by atomic mass is 10.1. The molecule has 0 aromatic carbocycles. The van der Waals surface area contributed by atoms with Crippen LogP contribution in [-0.4, -0.2) is 25.6 Å². The quantitative estimate of drug-likeness (QED) is 0.869. The Bertz CT molecular complexity index is 535. The van der Waals surface area contributed by atoms with Crippen molar-refractivity contribution in [3.8, 4) is 11.3 Å². The van der Waals surface area contributed by atoms with Crippen LogP contribution in [0.2, 0.25) is 0 Å². The maximum atomic E-state index is 4.55. The second-order valence-electron chi connectivity index (χ2n) is 4.92. The maximum Gasteiger partial charge on any atom is 0.0999 e. The largest absolute Gasteiger partial charge is 0.310 e. The predicted octanol–water partition coefficient (Wildman–Crippen LogP) is 1.56. The normalized spacial score (nSPS) is 15.2. The minimum Gasteiger partial charge on any atom is -0.310 e. The second-order valence-corrected chi connectivity index (χ2v) is 4.92. The van der Waals surface area contributed by atoms with E-state index in [4.69, 9.17) is 0 Å². The Hall–Kier alpha value is -1.62. The van der Waals surface area contributed by atoms with Gasteiger partial charge in [0.15, 0.2) is 0 Å². The molecule has 5 nitrogen and oxygen atoms in total. The summed E-state index contributed by atoms with van der Waals surface area (Å²) >= 11 is 0. The summed E-state index contributed by atoms with van der Waals surface area (Å²) in [5, 5.41) is 12.4. The van der Waals surface area contributed by atoms with E-state index in [2.05, 4.69) is 34.8 Å². The van der Waals surface area contributed by atoms with Crippen molar-refractivity contribution < 1.29 is 0 Å². The zero-order chi connectivity index (χ0) is 12.5. The molecule has 1 aliphatic rings. The molecule has 1 fully saturated rings. The van der Waals surface area contributed by atoms with E-state index in [1.165, 1.54) is 18.4 Å². The molecule has 1 saturated carbocycles. The Morgan fingerprint density at radius 2 is 2.22 bits per heavy atom. The van der Waals surface area contributed by atoms with E-state index in [9.17, 15) is 0 Å². The first kappa shape index (κ1) is 11.5.